The van der Waals surface area contributed by atoms with Crippen LogP contribution in [0, 0.1) is 5.92 Å². The SMILES string of the molecule is CCOC(=O)C1CCN(C(=NC)NCc2cccc(NC(=O)C3CCCO3)c2)CC1.I. The third-order valence-electron chi connectivity index (χ3n) is 5.49. The number of likely N-dealkylation sites (tertiary alicyclic amines) is 1. The van der Waals surface area contributed by atoms with E-state index < -0.39 is 0 Å². The van der Waals surface area contributed by atoms with E-state index in [2.05, 4.69) is 20.5 Å². The molecule has 1 unspecified atom stereocenters. The van der Waals surface area contributed by atoms with Gasteiger partial charge in [-0.3, -0.25) is 14.6 Å². The summed E-state index contributed by atoms with van der Waals surface area (Å²) < 4.78 is 10.6. The Morgan fingerprint density at radius 3 is 2.68 bits per heavy atom. The second-order valence-corrected chi connectivity index (χ2v) is 7.61. The molecule has 8 nitrogen and oxygen atoms in total. The van der Waals surface area contributed by atoms with Crippen LogP contribution >= 0.6 is 24.0 Å². The predicted octanol–water partition coefficient (Wildman–Crippen LogP) is 2.77. The molecule has 1 aromatic rings. The van der Waals surface area contributed by atoms with E-state index in [0.717, 1.165) is 56.0 Å². The fraction of sp³-hybridized carbons (Fsp3) is 0.591. The standard InChI is InChI=1S/C22H32N4O4.HI/c1-3-29-21(28)17-9-11-26(12-10-17)22(23-2)24-15-16-6-4-7-18(14-16)25-20(27)19-8-5-13-30-19;/h4,6-7,14,17,19H,3,5,8-13,15H2,1-2H3,(H,23,24)(H,25,27);1H. The van der Waals surface area contributed by atoms with E-state index in [-0.39, 0.29) is 47.9 Å². The second-order valence-electron chi connectivity index (χ2n) is 7.61. The summed E-state index contributed by atoms with van der Waals surface area (Å²) in [6.07, 6.45) is 2.89. The number of carbonyl (C=O) groups excluding carboxylic acids is 2. The van der Waals surface area contributed by atoms with E-state index in [1.165, 1.54) is 0 Å². The highest BCUT2D eigenvalue weighted by Gasteiger charge is 2.27. The molecule has 0 aromatic heterocycles. The Bertz CT molecular complexity index is 760. The lowest BCUT2D eigenvalue weighted by atomic mass is 9.97. The number of aliphatic imine (C=N–C) groups is 1. The Balaban J connectivity index is 0.00000341. The van der Waals surface area contributed by atoms with Gasteiger partial charge in [-0.25, -0.2) is 0 Å². The van der Waals surface area contributed by atoms with Crippen LogP contribution in [0.25, 0.3) is 0 Å². The van der Waals surface area contributed by atoms with Crippen molar-refractivity contribution < 1.29 is 19.1 Å². The number of esters is 1. The number of benzene rings is 1. The molecule has 31 heavy (non-hydrogen) atoms. The van der Waals surface area contributed by atoms with Gasteiger partial charge in [0.05, 0.1) is 12.5 Å². The van der Waals surface area contributed by atoms with Crippen LogP contribution in [0.4, 0.5) is 5.69 Å². The number of piperidine rings is 1. The molecule has 2 saturated heterocycles. The molecule has 3 rings (SSSR count). The molecule has 2 fully saturated rings. The summed E-state index contributed by atoms with van der Waals surface area (Å²) in [5.41, 5.74) is 1.81. The second kappa shape index (κ2) is 12.8. The Labute approximate surface area is 201 Å². The van der Waals surface area contributed by atoms with E-state index in [4.69, 9.17) is 9.47 Å². The minimum Gasteiger partial charge on any atom is -0.466 e. The van der Waals surface area contributed by atoms with Gasteiger partial charge in [-0.1, -0.05) is 12.1 Å². The normalized spacial score (nSPS) is 19.5. The molecule has 0 aliphatic carbocycles. The number of anilines is 1. The Morgan fingerprint density at radius 1 is 1.26 bits per heavy atom. The molecule has 0 spiro atoms. The van der Waals surface area contributed by atoms with Crippen molar-refractivity contribution in [2.75, 3.05) is 38.7 Å². The number of hydrogen-bond acceptors (Lipinski definition) is 5. The molecule has 2 aliphatic rings. The molecule has 2 heterocycles. The Morgan fingerprint density at radius 2 is 2.03 bits per heavy atom. The van der Waals surface area contributed by atoms with E-state index >= 15 is 0 Å². The lowest BCUT2D eigenvalue weighted by molar-refractivity contribution is -0.149. The lowest BCUT2D eigenvalue weighted by Crippen LogP contribution is -2.46. The zero-order valence-corrected chi connectivity index (χ0v) is 20.6. The van der Waals surface area contributed by atoms with Gasteiger partial charge in [0.1, 0.15) is 6.10 Å². The molecular weight excluding hydrogens is 511 g/mol. The molecule has 0 bridgehead atoms. The van der Waals surface area contributed by atoms with E-state index in [1.54, 1.807) is 7.05 Å². The quantitative estimate of drug-likeness (QED) is 0.248. The van der Waals surface area contributed by atoms with Gasteiger partial charge in [-0.05, 0) is 50.3 Å². The maximum absolute atomic E-state index is 12.2. The molecule has 172 valence electrons. The molecular formula is C22H33IN4O4. The average molecular weight is 544 g/mol. The van der Waals surface area contributed by atoms with Gasteiger partial charge in [-0.15, -0.1) is 24.0 Å². The van der Waals surface area contributed by atoms with Crippen molar-refractivity contribution in [2.45, 2.75) is 45.3 Å². The first-order valence-corrected chi connectivity index (χ1v) is 10.7. The number of hydrogen-bond donors (Lipinski definition) is 2. The first-order chi connectivity index (χ1) is 14.6. The number of halogens is 1. The van der Waals surface area contributed by atoms with Crippen LogP contribution in [0.2, 0.25) is 0 Å². The van der Waals surface area contributed by atoms with Gasteiger partial charge in [-0.2, -0.15) is 0 Å². The van der Waals surface area contributed by atoms with Crippen LogP contribution in [0.1, 0.15) is 38.2 Å². The molecule has 1 aromatic carbocycles. The maximum atomic E-state index is 12.2. The van der Waals surface area contributed by atoms with Crippen LogP contribution in [0.15, 0.2) is 29.3 Å². The number of nitrogens with one attached hydrogen (secondary N) is 2. The van der Waals surface area contributed by atoms with Crippen molar-refractivity contribution in [3.63, 3.8) is 0 Å². The monoisotopic (exact) mass is 544 g/mol. The van der Waals surface area contributed by atoms with Crippen molar-refractivity contribution in [3.05, 3.63) is 29.8 Å². The number of amides is 1. The molecule has 1 amide bonds. The number of ether oxygens (including phenoxy) is 2. The Hall–Kier alpha value is -1.88. The van der Waals surface area contributed by atoms with Crippen LogP contribution in [-0.4, -0.2) is 62.2 Å². The summed E-state index contributed by atoms with van der Waals surface area (Å²) in [5.74, 6) is 0.606. The molecule has 2 N–H and O–H groups in total. The van der Waals surface area contributed by atoms with Gasteiger partial charge in [0.25, 0.3) is 5.91 Å². The summed E-state index contributed by atoms with van der Waals surface area (Å²) in [7, 11) is 1.76. The third-order valence-corrected chi connectivity index (χ3v) is 5.49. The minimum absolute atomic E-state index is 0. The molecule has 2 aliphatic heterocycles. The van der Waals surface area contributed by atoms with Crippen molar-refractivity contribution in [1.29, 1.82) is 0 Å². The lowest BCUT2D eigenvalue weighted by Gasteiger charge is -2.33. The van der Waals surface area contributed by atoms with Gasteiger partial charge >= 0.3 is 5.97 Å². The molecule has 1 atom stereocenters. The highest BCUT2D eigenvalue weighted by Crippen LogP contribution is 2.19. The number of rotatable bonds is 6. The van der Waals surface area contributed by atoms with Gasteiger partial charge in [0.2, 0.25) is 0 Å². The van der Waals surface area contributed by atoms with E-state index in [1.807, 2.05) is 31.2 Å². The van der Waals surface area contributed by atoms with E-state index in [0.29, 0.717) is 19.8 Å². The van der Waals surface area contributed by atoms with Crippen molar-refractivity contribution >= 4 is 47.5 Å². The van der Waals surface area contributed by atoms with Crippen molar-refractivity contribution in [1.82, 2.24) is 10.2 Å². The summed E-state index contributed by atoms with van der Waals surface area (Å²) in [4.78, 5) is 30.7. The number of guanidine groups is 1. The smallest absolute Gasteiger partial charge is 0.309 e. The van der Waals surface area contributed by atoms with Crippen molar-refractivity contribution in [2.24, 2.45) is 10.9 Å². The van der Waals surface area contributed by atoms with Gasteiger partial charge in [0, 0.05) is 39.0 Å². The molecule has 9 heteroatoms. The topological polar surface area (TPSA) is 92.3 Å². The fourth-order valence-corrected chi connectivity index (χ4v) is 3.87. The maximum Gasteiger partial charge on any atom is 0.309 e. The largest absolute Gasteiger partial charge is 0.466 e. The molecule has 0 saturated carbocycles. The highest BCUT2D eigenvalue weighted by atomic mass is 127. The predicted molar refractivity (Wildman–Crippen MR) is 131 cm³/mol. The summed E-state index contributed by atoms with van der Waals surface area (Å²) in [5, 5.41) is 6.32. The third kappa shape index (κ3) is 7.34. The van der Waals surface area contributed by atoms with E-state index in [9.17, 15) is 9.59 Å². The number of carbonyl (C=O) groups is 2. The van der Waals surface area contributed by atoms with Gasteiger partial charge < -0.3 is 25.0 Å². The summed E-state index contributed by atoms with van der Waals surface area (Å²) >= 11 is 0. The zero-order valence-electron chi connectivity index (χ0n) is 18.3. The molecule has 0 radical (unpaired) electrons. The number of nitrogens with zero attached hydrogens (tertiary/aromatic N) is 2. The van der Waals surface area contributed by atoms with Gasteiger partial charge in [0.15, 0.2) is 5.96 Å². The first-order valence-electron chi connectivity index (χ1n) is 10.7. The average Bonchev–Trinajstić information content (AvgIpc) is 3.30. The first kappa shape index (κ1) is 25.4. The van der Waals surface area contributed by atoms with Crippen LogP contribution < -0.4 is 10.6 Å². The minimum atomic E-state index is -0.344. The Kier molecular flexibility index (Phi) is 10.5. The summed E-state index contributed by atoms with van der Waals surface area (Å²) in [6, 6.07) is 7.77. The van der Waals surface area contributed by atoms with Crippen molar-refractivity contribution in [3.8, 4) is 0 Å². The van der Waals surface area contributed by atoms with Crippen LogP contribution in [0.5, 0.6) is 0 Å². The zero-order chi connectivity index (χ0) is 21.3. The van der Waals surface area contributed by atoms with Crippen LogP contribution in [-0.2, 0) is 25.6 Å². The summed E-state index contributed by atoms with van der Waals surface area (Å²) in [6.45, 7) is 5.03. The highest BCUT2D eigenvalue weighted by molar-refractivity contribution is 14.0. The van der Waals surface area contributed by atoms with Crippen LogP contribution in [0.3, 0.4) is 0 Å². The fourth-order valence-electron chi connectivity index (χ4n) is 3.87.